The van der Waals surface area contributed by atoms with E-state index in [-0.39, 0.29) is 18.2 Å². The topological polar surface area (TPSA) is 59.6 Å². The highest BCUT2D eigenvalue weighted by molar-refractivity contribution is 5.81. The van der Waals surface area contributed by atoms with E-state index >= 15 is 0 Å². The van der Waals surface area contributed by atoms with Crippen molar-refractivity contribution in [3.63, 3.8) is 0 Å². The van der Waals surface area contributed by atoms with Crippen molar-refractivity contribution >= 4 is 5.91 Å². The molecular weight excluding hydrogens is 208 g/mol. The predicted molar refractivity (Wildman–Crippen MR) is 63.1 cm³/mol. The first-order valence-corrected chi connectivity index (χ1v) is 5.58. The lowest BCUT2D eigenvalue weighted by molar-refractivity contribution is -0.124. The fraction of sp³-hybridized carbons (Fsp3) is 0.909. The summed E-state index contributed by atoms with van der Waals surface area (Å²) >= 11 is 0. The Morgan fingerprint density at radius 2 is 1.69 bits per heavy atom. The van der Waals surface area contributed by atoms with Gasteiger partial charge in [-0.15, -0.1) is 0 Å². The molecule has 0 saturated heterocycles. The molecule has 0 aliphatic rings. The van der Waals surface area contributed by atoms with Gasteiger partial charge in [0, 0.05) is 27.3 Å². The standard InChI is InChI=1S/C11H24N2O3/c1-8(2)6-13-11(14)9(3)12-7-10(15-4)16-5/h8-10,12H,6-7H2,1-5H3,(H,13,14). The molecule has 0 aliphatic heterocycles. The average Bonchev–Trinajstić information content (AvgIpc) is 2.26. The number of amides is 1. The summed E-state index contributed by atoms with van der Waals surface area (Å²) in [6, 6.07) is -0.244. The highest BCUT2D eigenvalue weighted by Gasteiger charge is 2.14. The van der Waals surface area contributed by atoms with E-state index in [1.807, 2.05) is 6.92 Å². The van der Waals surface area contributed by atoms with Gasteiger partial charge < -0.3 is 20.1 Å². The van der Waals surface area contributed by atoms with E-state index in [0.717, 1.165) is 0 Å². The first kappa shape index (κ1) is 15.3. The van der Waals surface area contributed by atoms with Gasteiger partial charge in [0.05, 0.1) is 6.04 Å². The molecule has 0 fully saturated rings. The predicted octanol–water partition coefficient (Wildman–Crippen LogP) is 0.356. The summed E-state index contributed by atoms with van der Waals surface area (Å²) in [6.07, 6.45) is -0.319. The van der Waals surface area contributed by atoms with Crippen molar-refractivity contribution in [2.24, 2.45) is 5.92 Å². The van der Waals surface area contributed by atoms with Gasteiger partial charge in [-0.25, -0.2) is 0 Å². The average molecular weight is 232 g/mol. The summed E-state index contributed by atoms with van der Waals surface area (Å²) in [6.45, 7) is 7.12. The van der Waals surface area contributed by atoms with Crippen molar-refractivity contribution in [2.75, 3.05) is 27.3 Å². The molecular formula is C11H24N2O3. The lowest BCUT2D eigenvalue weighted by Crippen LogP contribution is -2.46. The highest BCUT2D eigenvalue weighted by Crippen LogP contribution is 1.92. The Balaban J connectivity index is 3.78. The summed E-state index contributed by atoms with van der Waals surface area (Å²) in [7, 11) is 3.14. The monoisotopic (exact) mass is 232 g/mol. The van der Waals surface area contributed by atoms with E-state index < -0.39 is 0 Å². The van der Waals surface area contributed by atoms with Crippen LogP contribution >= 0.6 is 0 Å². The third kappa shape index (κ3) is 6.76. The number of carbonyl (C=O) groups excluding carboxylic acids is 1. The number of methoxy groups -OCH3 is 2. The number of hydrogen-bond acceptors (Lipinski definition) is 4. The Hall–Kier alpha value is -0.650. The number of hydrogen-bond donors (Lipinski definition) is 2. The SMILES string of the molecule is COC(CNC(C)C(=O)NCC(C)C)OC. The molecule has 0 radical (unpaired) electrons. The Labute approximate surface area is 97.9 Å². The maximum absolute atomic E-state index is 11.6. The van der Waals surface area contributed by atoms with Crippen molar-refractivity contribution in [2.45, 2.75) is 33.1 Å². The van der Waals surface area contributed by atoms with Gasteiger partial charge in [0.25, 0.3) is 0 Å². The molecule has 0 rings (SSSR count). The van der Waals surface area contributed by atoms with Gasteiger partial charge in [-0.1, -0.05) is 13.8 Å². The molecule has 0 aromatic heterocycles. The van der Waals surface area contributed by atoms with Gasteiger partial charge in [0.15, 0.2) is 6.29 Å². The van der Waals surface area contributed by atoms with E-state index in [1.54, 1.807) is 14.2 Å². The van der Waals surface area contributed by atoms with Crippen molar-refractivity contribution in [1.82, 2.24) is 10.6 Å². The molecule has 5 nitrogen and oxygen atoms in total. The number of carbonyl (C=O) groups is 1. The molecule has 0 spiro atoms. The molecule has 96 valence electrons. The van der Waals surface area contributed by atoms with Crippen LogP contribution in [0.1, 0.15) is 20.8 Å². The van der Waals surface area contributed by atoms with E-state index in [2.05, 4.69) is 24.5 Å². The molecule has 1 atom stereocenters. The molecule has 0 aromatic carbocycles. The van der Waals surface area contributed by atoms with Crippen LogP contribution in [0.3, 0.4) is 0 Å². The van der Waals surface area contributed by atoms with Crippen LogP contribution in [0, 0.1) is 5.92 Å². The summed E-state index contributed by atoms with van der Waals surface area (Å²) < 4.78 is 10.0. The quantitative estimate of drug-likeness (QED) is 0.593. The first-order valence-electron chi connectivity index (χ1n) is 5.58. The second kappa shape index (κ2) is 8.50. The van der Waals surface area contributed by atoms with Crippen molar-refractivity contribution in [3.05, 3.63) is 0 Å². The third-order valence-corrected chi connectivity index (χ3v) is 2.19. The zero-order valence-electron chi connectivity index (χ0n) is 10.9. The minimum Gasteiger partial charge on any atom is -0.355 e. The summed E-state index contributed by atoms with van der Waals surface area (Å²) in [5.41, 5.74) is 0. The van der Waals surface area contributed by atoms with E-state index in [9.17, 15) is 4.79 Å². The second-order valence-corrected chi connectivity index (χ2v) is 4.17. The van der Waals surface area contributed by atoms with Crippen LogP contribution in [0.5, 0.6) is 0 Å². The van der Waals surface area contributed by atoms with Crippen molar-refractivity contribution in [1.29, 1.82) is 0 Å². The van der Waals surface area contributed by atoms with Gasteiger partial charge in [-0.3, -0.25) is 4.79 Å². The Morgan fingerprint density at radius 3 is 2.12 bits per heavy atom. The second-order valence-electron chi connectivity index (χ2n) is 4.17. The normalized spacial score (nSPS) is 13.2. The summed E-state index contributed by atoms with van der Waals surface area (Å²) in [5, 5.41) is 5.90. The number of ether oxygens (including phenoxy) is 2. The highest BCUT2D eigenvalue weighted by atomic mass is 16.7. The van der Waals surface area contributed by atoms with Crippen LogP contribution in [-0.4, -0.2) is 45.5 Å². The number of rotatable bonds is 8. The number of nitrogens with one attached hydrogen (secondary N) is 2. The molecule has 5 heteroatoms. The zero-order chi connectivity index (χ0) is 12.6. The van der Waals surface area contributed by atoms with Crippen LogP contribution < -0.4 is 10.6 Å². The fourth-order valence-electron chi connectivity index (χ4n) is 1.09. The van der Waals surface area contributed by atoms with Crippen molar-refractivity contribution in [3.8, 4) is 0 Å². The lowest BCUT2D eigenvalue weighted by Gasteiger charge is -2.18. The van der Waals surface area contributed by atoms with E-state index in [1.165, 1.54) is 0 Å². The van der Waals surface area contributed by atoms with Gasteiger partial charge in [-0.2, -0.15) is 0 Å². The summed E-state index contributed by atoms with van der Waals surface area (Å²) in [4.78, 5) is 11.6. The van der Waals surface area contributed by atoms with Crippen LogP contribution in [0.2, 0.25) is 0 Å². The van der Waals surface area contributed by atoms with Crippen molar-refractivity contribution < 1.29 is 14.3 Å². The van der Waals surface area contributed by atoms with E-state index in [0.29, 0.717) is 19.0 Å². The third-order valence-electron chi connectivity index (χ3n) is 2.19. The van der Waals surface area contributed by atoms with E-state index in [4.69, 9.17) is 9.47 Å². The van der Waals surface area contributed by atoms with Gasteiger partial charge >= 0.3 is 0 Å². The van der Waals surface area contributed by atoms with Crippen LogP contribution in [0.15, 0.2) is 0 Å². The molecule has 1 amide bonds. The van der Waals surface area contributed by atoms with Gasteiger partial charge in [0.2, 0.25) is 5.91 Å². The Morgan fingerprint density at radius 1 is 1.12 bits per heavy atom. The molecule has 2 N–H and O–H groups in total. The molecule has 0 saturated carbocycles. The maximum atomic E-state index is 11.6. The maximum Gasteiger partial charge on any atom is 0.236 e. The largest absolute Gasteiger partial charge is 0.355 e. The first-order chi connectivity index (χ1) is 7.51. The van der Waals surface area contributed by atoms with Crippen LogP contribution in [0.25, 0.3) is 0 Å². The molecule has 1 unspecified atom stereocenters. The molecule has 16 heavy (non-hydrogen) atoms. The van der Waals surface area contributed by atoms with Crippen LogP contribution in [-0.2, 0) is 14.3 Å². The Bertz CT molecular complexity index is 194. The molecule has 0 aliphatic carbocycles. The Kier molecular flexibility index (Phi) is 8.15. The van der Waals surface area contributed by atoms with Gasteiger partial charge in [0.1, 0.15) is 0 Å². The minimum absolute atomic E-state index is 0.000318. The smallest absolute Gasteiger partial charge is 0.236 e. The fourth-order valence-corrected chi connectivity index (χ4v) is 1.09. The molecule has 0 bridgehead atoms. The summed E-state index contributed by atoms with van der Waals surface area (Å²) in [5.74, 6) is 0.460. The minimum atomic E-state index is -0.319. The zero-order valence-corrected chi connectivity index (χ0v) is 10.9. The lowest BCUT2D eigenvalue weighted by atomic mass is 10.2. The van der Waals surface area contributed by atoms with Crippen LogP contribution in [0.4, 0.5) is 0 Å². The molecule has 0 aromatic rings. The molecule has 0 heterocycles. The van der Waals surface area contributed by atoms with Gasteiger partial charge in [-0.05, 0) is 12.8 Å².